The SMILES string of the molecule is CCC1C(=O)NC(=O)CC12CCOC(C)(CC)C2. The largest absolute Gasteiger partial charge is 0.375 e. The van der Waals surface area contributed by atoms with Crippen molar-refractivity contribution in [2.75, 3.05) is 6.61 Å². The van der Waals surface area contributed by atoms with Crippen LogP contribution in [0.25, 0.3) is 0 Å². The number of rotatable bonds is 2. The Morgan fingerprint density at radius 3 is 2.72 bits per heavy atom. The molecule has 0 bridgehead atoms. The van der Waals surface area contributed by atoms with Crippen LogP contribution in [-0.4, -0.2) is 24.0 Å². The van der Waals surface area contributed by atoms with Crippen LogP contribution in [0, 0.1) is 11.3 Å². The lowest BCUT2D eigenvalue weighted by Gasteiger charge is -2.50. The van der Waals surface area contributed by atoms with E-state index < -0.39 is 0 Å². The maximum absolute atomic E-state index is 12.0. The number of hydrogen-bond acceptors (Lipinski definition) is 3. The Balaban J connectivity index is 2.30. The van der Waals surface area contributed by atoms with Crippen LogP contribution in [0.1, 0.15) is 52.9 Å². The zero-order valence-corrected chi connectivity index (χ0v) is 11.5. The minimum atomic E-state index is -0.191. The highest BCUT2D eigenvalue weighted by Gasteiger charge is 2.52. The summed E-state index contributed by atoms with van der Waals surface area (Å²) in [4.78, 5) is 23.8. The van der Waals surface area contributed by atoms with Gasteiger partial charge in [0.25, 0.3) is 0 Å². The van der Waals surface area contributed by atoms with Crippen LogP contribution in [0.4, 0.5) is 0 Å². The molecule has 1 spiro atoms. The first-order valence-corrected chi connectivity index (χ1v) is 6.92. The summed E-state index contributed by atoms with van der Waals surface area (Å²) in [7, 11) is 0. The zero-order valence-electron chi connectivity index (χ0n) is 11.5. The fraction of sp³-hybridized carbons (Fsp3) is 0.857. The molecule has 0 aromatic carbocycles. The summed E-state index contributed by atoms with van der Waals surface area (Å²) in [5.74, 6) is -0.260. The summed E-state index contributed by atoms with van der Waals surface area (Å²) in [6.45, 7) is 6.88. The number of imide groups is 1. The number of ether oxygens (including phenoxy) is 1. The molecule has 0 aromatic heterocycles. The average Bonchev–Trinajstić information content (AvgIpc) is 2.28. The fourth-order valence-corrected chi connectivity index (χ4v) is 3.67. The van der Waals surface area contributed by atoms with Crippen LogP contribution >= 0.6 is 0 Å². The standard InChI is InChI=1S/C14H23NO3/c1-4-10-12(17)15-11(16)8-14(10)6-7-18-13(3,5-2)9-14/h10H,4-9H2,1-3H3,(H,15,16,17). The van der Waals surface area contributed by atoms with Gasteiger partial charge >= 0.3 is 0 Å². The van der Waals surface area contributed by atoms with Crippen molar-refractivity contribution in [2.45, 2.75) is 58.5 Å². The third-order valence-corrected chi connectivity index (χ3v) is 4.76. The first-order valence-electron chi connectivity index (χ1n) is 6.92. The number of carbonyl (C=O) groups is 2. The third kappa shape index (κ3) is 2.18. The number of hydrogen-bond donors (Lipinski definition) is 1. The third-order valence-electron chi connectivity index (χ3n) is 4.76. The molecule has 2 amide bonds. The van der Waals surface area contributed by atoms with Crippen molar-refractivity contribution >= 4 is 11.8 Å². The van der Waals surface area contributed by atoms with Crippen LogP contribution in [0.3, 0.4) is 0 Å². The van der Waals surface area contributed by atoms with Crippen molar-refractivity contribution in [3.8, 4) is 0 Å². The van der Waals surface area contributed by atoms with Gasteiger partial charge in [0.05, 0.1) is 5.60 Å². The van der Waals surface area contributed by atoms with Gasteiger partial charge < -0.3 is 4.74 Å². The van der Waals surface area contributed by atoms with E-state index in [1.54, 1.807) is 0 Å². The van der Waals surface area contributed by atoms with Gasteiger partial charge in [-0.05, 0) is 38.0 Å². The van der Waals surface area contributed by atoms with Gasteiger partial charge in [0.1, 0.15) is 0 Å². The van der Waals surface area contributed by atoms with Crippen molar-refractivity contribution in [1.29, 1.82) is 0 Å². The van der Waals surface area contributed by atoms with E-state index in [-0.39, 0.29) is 28.7 Å². The Bertz CT molecular complexity index is 368. The molecular weight excluding hydrogens is 230 g/mol. The van der Waals surface area contributed by atoms with Gasteiger partial charge in [0, 0.05) is 18.9 Å². The van der Waals surface area contributed by atoms with Crippen LogP contribution in [-0.2, 0) is 14.3 Å². The zero-order chi connectivity index (χ0) is 13.4. The van der Waals surface area contributed by atoms with Gasteiger partial charge in [-0.3, -0.25) is 14.9 Å². The number of nitrogens with one attached hydrogen (secondary N) is 1. The quantitative estimate of drug-likeness (QED) is 0.766. The van der Waals surface area contributed by atoms with E-state index >= 15 is 0 Å². The molecule has 2 fully saturated rings. The summed E-state index contributed by atoms with van der Waals surface area (Å²) < 4.78 is 5.86. The molecule has 2 heterocycles. The van der Waals surface area contributed by atoms with E-state index in [0.29, 0.717) is 13.0 Å². The predicted octanol–water partition coefficient (Wildman–Crippen LogP) is 2.02. The van der Waals surface area contributed by atoms with Crippen molar-refractivity contribution in [1.82, 2.24) is 5.32 Å². The lowest BCUT2D eigenvalue weighted by atomic mass is 9.60. The molecule has 2 rings (SSSR count). The molecule has 3 atom stereocenters. The first-order chi connectivity index (χ1) is 8.45. The number of piperidine rings is 1. The summed E-state index contributed by atoms with van der Waals surface area (Å²) >= 11 is 0. The van der Waals surface area contributed by atoms with Crippen molar-refractivity contribution < 1.29 is 14.3 Å². The van der Waals surface area contributed by atoms with Gasteiger partial charge in [-0.25, -0.2) is 0 Å². The summed E-state index contributed by atoms with van der Waals surface area (Å²) in [6.07, 6.45) is 3.81. The van der Waals surface area contributed by atoms with E-state index in [9.17, 15) is 9.59 Å². The Kier molecular flexibility index (Phi) is 3.49. The van der Waals surface area contributed by atoms with Crippen LogP contribution < -0.4 is 5.32 Å². The van der Waals surface area contributed by atoms with E-state index in [0.717, 1.165) is 25.7 Å². The molecule has 3 unspecified atom stereocenters. The summed E-state index contributed by atoms with van der Waals surface area (Å²) in [6, 6.07) is 0. The molecule has 2 aliphatic heterocycles. The van der Waals surface area contributed by atoms with E-state index in [2.05, 4.69) is 19.2 Å². The predicted molar refractivity (Wildman–Crippen MR) is 67.9 cm³/mol. The van der Waals surface area contributed by atoms with Gasteiger partial charge in [0.15, 0.2) is 0 Å². The van der Waals surface area contributed by atoms with Crippen molar-refractivity contribution in [2.24, 2.45) is 11.3 Å². The van der Waals surface area contributed by atoms with E-state index in [1.165, 1.54) is 0 Å². The highest BCUT2D eigenvalue weighted by molar-refractivity contribution is 5.99. The highest BCUT2D eigenvalue weighted by atomic mass is 16.5. The fourth-order valence-electron chi connectivity index (χ4n) is 3.67. The van der Waals surface area contributed by atoms with Gasteiger partial charge in [-0.15, -0.1) is 0 Å². The Labute approximate surface area is 108 Å². The molecule has 4 heteroatoms. The molecule has 2 aliphatic rings. The second kappa shape index (κ2) is 4.65. The Morgan fingerprint density at radius 1 is 1.39 bits per heavy atom. The maximum Gasteiger partial charge on any atom is 0.230 e. The molecule has 0 aliphatic carbocycles. The highest BCUT2D eigenvalue weighted by Crippen LogP contribution is 2.50. The topological polar surface area (TPSA) is 55.4 Å². The summed E-state index contributed by atoms with van der Waals surface area (Å²) in [5.41, 5.74) is -0.374. The van der Waals surface area contributed by atoms with Crippen LogP contribution in [0.2, 0.25) is 0 Å². The maximum atomic E-state index is 12.0. The Morgan fingerprint density at radius 2 is 2.11 bits per heavy atom. The lowest BCUT2D eigenvalue weighted by Crippen LogP contribution is -2.57. The molecule has 4 nitrogen and oxygen atoms in total. The second-order valence-electron chi connectivity index (χ2n) is 5.99. The van der Waals surface area contributed by atoms with Crippen LogP contribution in [0.15, 0.2) is 0 Å². The molecule has 1 N–H and O–H groups in total. The molecule has 2 saturated heterocycles. The van der Waals surface area contributed by atoms with E-state index in [4.69, 9.17) is 4.74 Å². The first kappa shape index (κ1) is 13.5. The van der Waals surface area contributed by atoms with Gasteiger partial charge in [0.2, 0.25) is 11.8 Å². The van der Waals surface area contributed by atoms with Crippen LogP contribution in [0.5, 0.6) is 0 Å². The minimum absolute atomic E-state index is 0.0509. The molecule has 0 radical (unpaired) electrons. The number of amides is 2. The molecule has 0 saturated carbocycles. The lowest BCUT2D eigenvalue weighted by molar-refractivity contribution is -0.165. The van der Waals surface area contributed by atoms with Gasteiger partial charge in [-0.2, -0.15) is 0 Å². The van der Waals surface area contributed by atoms with E-state index in [1.807, 2.05) is 6.92 Å². The van der Waals surface area contributed by atoms with Gasteiger partial charge in [-0.1, -0.05) is 13.8 Å². The van der Waals surface area contributed by atoms with Crippen molar-refractivity contribution in [3.05, 3.63) is 0 Å². The smallest absolute Gasteiger partial charge is 0.230 e. The summed E-state index contributed by atoms with van der Waals surface area (Å²) in [5, 5.41) is 2.48. The normalized spacial score (nSPS) is 40.9. The average molecular weight is 253 g/mol. The second-order valence-corrected chi connectivity index (χ2v) is 5.99. The minimum Gasteiger partial charge on any atom is -0.375 e. The number of carbonyl (C=O) groups excluding carboxylic acids is 2. The molecule has 102 valence electrons. The molecule has 0 aromatic rings. The monoisotopic (exact) mass is 253 g/mol. The Hall–Kier alpha value is -0.900. The molecule has 18 heavy (non-hydrogen) atoms. The van der Waals surface area contributed by atoms with Crippen molar-refractivity contribution in [3.63, 3.8) is 0 Å². The molecular formula is C14H23NO3.